The normalized spacial score (nSPS) is 17.8. The van der Waals surface area contributed by atoms with E-state index in [2.05, 4.69) is 36.1 Å². The van der Waals surface area contributed by atoms with Gasteiger partial charge in [-0.2, -0.15) is 10.1 Å². The summed E-state index contributed by atoms with van der Waals surface area (Å²) in [6.07, 6.45) is 3.92. The van der Waals surface area contributed by atoms with E-state index in [1.807, 2.05) is 26.6 Å². The van der Waals surface area contributed by atoms with Crippen LogP contribution >= 0.6 is 15.9 Å². The smallest absolute Gasteiger partial charge is 0.337 e. The predicted octanol–water partition coefficient (Wildman–Crippen LogP) is 1.82. The summed E-state index contributed by atoms with van der Waals surface area (Å²) in [6.45, 7) is 7.54. The van der Waals surface area contributed by atoms with Gasteiger partial charge < -0.3 is 9.80 Å². The molecular weight excluding hydrogens is 528 g/mol. The van der Waals surface area contributed by atoms with Crippen molar-refractivity contribution < 1.29 is 9.18 Å². The molecule has 2 amide bonds. The standard InChI is InChI=1S/C23H26BBrFN9O/c1-13-10-16(25)11-17(20(13)26)19-4-5-28-35(19)23(36)33-8-6-32(7-9-33)22-27-12-18(24)21(30-22)34-15(3)29-14(2)31-34/h5,10-12,19H,4,6-9,24H2,1-3H3. The number of urea groups is 1. The summed E-state index contributed by atoms with van der Waals surface area (Å²) in [5, 5.41) is 10.1. The van der Waals surface area contributed by atoms with Crippen LogP contribution in [0.25, 0.3) is 5.82 Å². The molecule has 5 rings (SSSR count). The number of benzene rings is 1. The lowest BCUT2D eigenvalue weighted by Gasteiger charge is -2.37. The van der Waals surface area contributed by atoms with Gasteiger partial charge in [0.2, 0.25) is 5.95 Å². The zero-order valence-corrected chi connectivity index (χ0v) is 22.2. The van der Waals surface area contributed by atoms with E-state index in [4.69, 9.17) is 4.98 Å². The Morgan fingerprint density at radius 3 is 2.58 bits per heavy atom. The van der Waals surface area contributed by atoms with Crippen LogP contribution < -0.4 is 10.4 Å². The first kappa shape index (κ1) is 24.4. The summed E-state index contributed by atoms with van der Waals surface area (Å²) in [7, 11) is 1.94. The first-order valence-electron chi connectivity index (χ1n) is 11.8. The van der Waals surface area contributed by atoms with Crippen LogP contribution in [0.3, 0.4) is 0 Å². The second kappa shape index (κ2) is 9.60. The molecule has 1 atom stereocenters. The van der Waals surface area contributed by atoms with E-state index in [0.717, 1.165) is 15.8 Å². The van der Waals surface area contributed by atoms with E-state index in [0.29, 0.717) is 61.3 Å². The Kier molecular flexibility index (Phi) is 6.50. The Labute approximate surface area is 217 Å². The fourth-order valence-electron chi connectivity index (χ4n) is 4.61. The molecule has 3 aromatic rings. The van der Waals surface area contributed by atoms with Gasteiger partial charge in [-0.15, -0.1) is 5.10 Å². The summed E-state index contributed by atoms with van der Waals surface area (Å²) in [5.74, 6) is 2.41. The summed E-state index contributed by atoms with van der Waals surface area (Å²) >= 11 is 3.44. The molecule has 2 aliphatic rings. The quantitative estimate of drug-likeness (QED) is 0.459. The first-order chi connectivity index (χ1) is 17.2. The van der Waals surface area contributed by atoms with E-state index >= 15 is 0 Å². The van der Waals surface area contributed by atoms with Gasteiger partial charge in [0.1, 0.15) is 25.3 Å². The van der Waals surface area contributed by atoms with Crippen molar-refractivity contribution >= 4 is 47.4 Å². The van der Waals surface area contributed by atoms with Gasteiger partial charge in [-0.3, -0.25) is 0 Å². The molecule has 13 heteroatoms. The lowest BCUT2D eigenvalue weighted by molar-refractivity contribution is 0.138. The number of rotatable bonds is 3. The Morgan fingerprint density at radius 2 is 1.89 bits per heavy atom. The van der Waals surface area contributed by atoms with Crippen molar-refractivity contribution in [2.45, 2.75) is 33.2 Å². The van der Waals surface area contributed by atoms with Gasteiger partial charge in [0.15, 0.2) is 5.82 Å². The molecule has 186 valence electrons. The van der Waals surface area contributed by atoms with Crippen molar-refractivity contribution in [2.75, 3.05) is 31.1 Å². The SMILES string of the molecule is Bc1cnc(N2CCN(C(=O)N3N=CCC3c3cc(Br)cc(C)c3F)CC2)nc1-n1nc(C)nc1C. The molecule has 2 aliphatic heterocycles. The number of carbonyl (C=O) groups excluding carboxylic acids is 1. The highest BCUT2D eigenvalue weighted by Crippen LogP contribution is 2.34. The summed E-state index contributed by atoms with van der Waals surface area (Å²) in [5.41, 5.74) is 1.89. The third-order valence-electron chi connectivity index (χ3n) is 6.47. The monoisotopic (exact) mass is 553 g/mol. The molecule has 1 aromatic carbocycles. The predicted molar refractivity (Wildman–Crippen MR) is 140 cm³/mol. The molecule has 1 fully saturated rings. The van der Waals surface area contributed by atoms with Gasteiger partial charge in [0.25, 0.3) is 0 Å². The van der Waals surface area contributed by atoms with Gasteiger partial charge in [-0.25, -0.2) is 28.8 Å². The van der Waals surface area contributed by atoms with E-state index in [1.54, 1.807) is 41.0 Å². The molecule has 2 aromatic heterocycles. The van der Waals surface area contributed by atoms with Gasteiger partial charge in [-0.05, 0) is 43.9 Å². The second-order valence-corrected chi connectivity index (χ2v) is 9.99. The summed E-state index contributed by atoms with van der Waals surface area (Å²) in [4.78, 5) is 30.8. The van der Waals surface area contributed by atoms with Gasteiger partial charge in [0.05, 0.1) is 6.04 Å². The van der Waals surface area contributed by atoms with Crippen molar-refractivity contribution in [3.8, 4) is 5.82 Å². The molecule has 0 aliphatic carbocycles. The lowest BCUT2D eigenvalue weighted by atomic mass is 9.99. The van der Waals surface area contributed by atoms with Crippen LogP contribution in [0.15, 0.2) is 27.9 Å². The number of halogens is 2. The summed E-state index contributed by atoms with van der Waals surface area (Å²) in [6, 6.07) is 2.75. The molecule has 1 saturated heterocycles. The highest BCUT2D eigenvalue weighted by molar-refractivity contribution is 9.10. The molecule has 1 unspecified atom stereocenters. The van der Waals surface area contributed by atoms with Crippen LogP contribution in [0.2, 0.25) is 0 Å². The highest BCUT2D eigenvalue weighted by atomic mass is 79.9. The van der Waals surface area contributed by atoms with Crippen molar-refractivity contribution in [1.29, 1.82) is 0 Å². The average Bonchev–Trinajstić information content (AvgIpc) is 3.47. The number of carbonyl (C=O) groups is 1. The lowest BCUT2D eigenvalue weighted by Crippen LogP contribution is -2.52. The zero-order valence-electron chi connectivity index (χ0n) is 20.6. The fraction of sp³-hybridized carbons (Fsp3) is 0.391. The maximum Gasteiger partial charge on any atom is 0.341 e. The molecule has 0 spiro atoms. The number of nitrogens with zero attached hydrogens (tertiary/aromatic N) is 9. The van der Waals surface area contributed by atoms with Crippen molar-refractivity contribution in [1.82, 2.24) is 34.6 Å². The maximum absolute atomic E-state index is 14.9. The van der Waals surface area contributed by atoms with Crippen molar-refractivity contribution in [3.05, 3.63) is 51.4 Å². The van der Waals surface area contributed by atoms with Crippen LogP contribution in [-0.2, 0) is 0 Å². The molecule has 0 saturated carbocycles. The molecule has 36 heavy (non-hydrogen) atoms. The number of aryl methyl sites for hydroxylation is 3. The third kappa shape index (κ3) is 4.47. The minimum absolute atomic E-state index is 0.232. The maximum atomic E-state index is 14.9. The molecule has 0 N–H and O–H groups in total. The molecule has 10 nitrogen and oxygen atoms in total. The van der Waals surface area contributed by atoms with Crippen molar-refractivity contribution in [3.63, 3.8) is 0 Å². The van der Waals surface area contributed by atoms with Crippen LogP contribution in [0, 0.1) is 26.6 Å². The second-order valence-electron chi connectivity index (χ2n) is 9.07. The minimum atomic E-state index is -0.468. The Bertz CT molecular complexity index is 1360. The Morgan fingerprint density at radius 1 is 1.14 bits per heavy atom. The number of hydrogen-bond donors (Lipinski definition) is 0. The number of amides is 2. The fourth-order valence-corrected chi connectivity index (χ4v) is 5.20. The van der Waals surface area contributed by atoms with E-state index in [1.165, 1.54) is 5.01 Å². The van der Waals surface area contributed by atoms with Crippen molar-refractivity contribution in [2.24, 2.45) is 5.10 Å². The first-order valence-corrected chi connectivity index (χ1v) is 12.6. The third-order valence-corrected chi connectivity index (χ3v) is 6.93. The average molecular weight is 554 g/mol. The Balaban J connectivity index is 1.29. The number of piperazine rings is 1. The zero-order chi connectivity index (χ0) is 25.6. The van der Waals surface area contributed by atoms with E-state index in [9.17, 15) is 9.18 Å². The topological polar surface area (TPSA) is 95.6 Å². The largest absolute Gasteiger partial charge is 0.341 e. The van der Waals surface area contributed by atoms with E-state index in [-0.39, 0.29) is 11.8 Å². The molecule has 4 heterocycles. The van der Waals surface area contributed by atoms with Crippen LogP contribution in [0.1, 0.15) is 35.2 Å². The molecular formula is C23H26BBrFN9O. The number of hydrazone groups is 1. The number of aromatic nitrogens is 5. The van der Waals surface area contributed by atoms with Gasteiger partial charge >= 0.3 is 6.03 Å². The van der Waals surface area contributed by atoms with E-state index < -0.39 is 6.04 Å². The van der Waals surface area contributed by atoms with Gasteiger partial charge in [0, 0.05) is 55.0 Å². The Hall–Kier alpha value is -3.35. The number of anilines is 1. The minimum Gasteiger partial charge on any atom is -0.337 e. The van der Waals surface area contributed by atoms with Crippen LogP contribution in [0.4, 0.5) is 15.1 Å². The summed E-state index contributed by atoms with van der Waals surface area (Å²) < 4.78 is 17.4. The van der Waals surface area contributed by atoms with Crippen LogP contribution in [0.5, 0.6) is 0 Å². The molecule has 0 radical (unpaired) electrons. The molecule has 0 bridgehead atoms. The van der Waals surface area contributed by atoms with Gasteiger partial charge in [-0.1, -0.05) is 15.9 Å². The highest BCUT2D eigenvalue weighted by Gasteiger charge is 2.35. The van der Waals surface area contributed by atoms with Crippen LogP contribution in [-0.4, -0.2) is 80.9 Å². The number of hydrogen-bond acceptors (Lipinski definition) is 7.